The van der Waals surface area contributed by atoms with E-state index in [1.165, 1.54) is 5.56 Å². The van der Waals surface area contributed by atoms with Gasteiger partial charge in [0.1, 0.15) is 0 Å². The Kier molecular flexibility index (Phi) is 4.94. The lowest BCUT2D eigenvalue weighted by Gasteiger charge is -2.14. The fourth-order valence-electron chi connectivity index (χ4n) is 2.88. The van der Waals surface area contributed by atoms with Gasteiger partial charge in [0.25, 0.3) is 0 Å². The molecule has 0 aliphatic carbocycles. The molecule has 128 valence electrons. The molecule has 6 heteroatoms. The van der Waals surface area contributed by atoms with Crippen molar-refractivity contribution in [3.63, 3.8) is 0 Å². The maximum atomic E-state index is 12.1. The smallest absolute Gasteiger partial charge is 0.227 e. The molecule has 0 saturated carbocycles. The molecule has 1 saturated heterocycles. The third-order valence-corrected chi connectivity index (χ3v) is 4.43. The van der Waals surface area contributed by atoms with Crippen molar-refractivity contribution in [2.45, 2.75) is 45.1 Å². The van der Waals surface area contributed by atoms with E-state index in [4.69, 9.17) is 10.3 Å². The van der Waals surface area contributed by atoms with E-state index in [-0.39, 0.29) is 11.9 Å². The molecule has 1 amide bonds. The summed E-state index contributed by atoms with van der Waals surface area (Å²) < 4.78 is 5.27. The predicted molar refractivity (Wildman–Crippen MR) is 91.3 cm³/mol. The molecule has 3 rings (SSSR count). The molecule has 24 heavy (non-hydrogen) atoms. The Bertz CT molecular complexity index is 693. The van der Waals surface area contributed by atoms with Crippen molar-refractivity contribution in [3.05, 3.63) is 35.7 Å². The zero-order valence-corrected chi connectivity index (χ0v) is 14.2. The average Bonchev–Trinajstić information content (AvgIpc) is 3.22. The van der Waals surface area contributed by atoms with Crippen molar-refractivity contribution in [1.82, 2.24) is 15.0 Å². The summed E-state index contributed by atoms with van der Waals surface area (Å²) in [6, 6.07) is 8.27. The van der Waals surface area contributed by atoms with Gasteiger partial charge < -0.3 is 15.2 Å². The first-order valence-corrected chi connectivity index (χ1v) is 8.49. The van der Waals surface area contributed by atoms with Gasteiger partial charge in [0, 0.05) is 37.5 Å². The SMILES string of the molecule is CC(C)c1ccc(-c2noc(CCC(=O)N3CC[C@@H](N)C3)n2)cc1. The van der Waals surface area contributed by atoms with Crippen LogP contribution in [0.5, 0.6) is 0 Å². The fourth-order valence-corrected chi connectivity index (χ4v) is 2.88. The Morgan fingerprint density at radius 3 is 2.75 bits per heavy atom. The second kappa shape index (κ2) is 7.13. The van der Waals surface area contributed by atoms with Crippen LogP contribution in [0.15, 0.2) is 28.8 Å². The second-order valence-electron chi connectivity index (χ2n) is 6.68. The highest BCUT2D eigenvalue weighted by Crippen LogP contribution is 2.21. The molecule has 1 aliphatic rings. The number of hydrogen-bond donors (Lipinski definition) is 1. The Balaban J connectivity index is 1.58. The third-order valence-electron chi connectivity index (χ3n) is 4.43. The first kappa shape index (κ1) is 16.6. The van der Waals surface area contributed by atoms with Gasteiger partial charge in [-0.05, 0) is 17.9 Å². The van der Waals surface area contributed by atoms with Gasteiger partial charge in [-0.25, -0.2) is 0 Å². The van der Waals surface area contributed by atoms with Crippen molar-refractivity contribution < 1.29 is 9.32 Å². The Labute approximate surface area is 142 Å². The number of carbonyl (C=O) groups excluding carboxylic acids is 1. The molecular formula is C18H24N4O2. The molecule has 2 aromatic rings. The van der Waals surface area contributed by atoms with Crippen molar-refractivity contribution in [3.8, 4) is 11.4 Å². The zero-order valence-electron chi connectivity index (χ0n) is 14.2. The van der Waals surface area contributed by atoms with Crippen LogP contribution >= 0.6 is 0 Å². The van der Waals surface area contributed by atoms with E-state index < -0.39 is 0 Å². The van der Waals surface area contributed by atoms with Crippen LogP contribution < -0.4 is 5.73 Å². The van der Waals surface area contributed by atoms with Gasteiger partial charge in [-0.1, -0.05) is 43.3 Å². The number of aryl methyl sites for hydroxylation is 1. The number of aromatic nitrogens is 2. The van der Waals surface area contributed by atoms with Crippen LogP contribution in [0, 0.1) is 0 Å². The lowest BCUT2D eigenvalue weighted by atomic mass is 10.0. The Morgan fingerprint density at radius 2 is 2.12 bits per heavy atom. The summed E-state index contributed by atoms with van der Waals surface area (Å²) in [5, 5.41) is 4.02. The number of hydrogen-bond acceptors (Lipinski definition) is 5. The molecule has 2 N–H and O–H groups in total. The fraction of sp³-hybridized carbons (Fsp3) is 0.500. The maximum Gasteiger partial charge on any atom is 0.227 e. The standard InChI is InChI=1S/C18H24N4O2/c1-12(2)13-3-5-14(6-4-13)18-20-16(24-21-18)7-8-17(23)22-10-9-15(19)11-22/h3-6,12,15H,7-11,19H2,1-2H3/t15-/m1/s1. The van der Waals surface area contributed by atoms with Gasteiger partial charge in [-0.15, -0.1) is 0 Å². The van der Waals surface area contributed by atoms with E-state index in [2.05, 4.69) is 36.1 Å². The first-order chi connectivity index (χ1) is 11.5. The molecule has 2 heterocycles. The summed E-state index contributed by atoms with van der Waals surface area (Å²) >= 11 is 0. The van der Waals surface area contributed by atoms with Gasteiger partial charge in [0.05, 0.1) is 0 Å². The minimum Gasteiger partial charge on any atom is -0.341 e. The van der Waals surface area contributed by atoms with Crippen molar-refractivity contribution >= 4 is 5.91 Å². The van der Waals surface area contributed by atoms with Crippen molar-refractivity contribution in [2.75, 3.05) is 13.1 Å². The number of amides is 1. The number of nitrogens with zero attached hydrogens (tertiary/aromatic N) is 3. The summed E-state index contributed by atoms with van der Waals surface area (Å²) in [5.41, 5.74) is 8.03. The molecule has 1 atom stereocenters. The zero-order chi connectivity index (χ0) is 17.1. The highest BCUT2D eigenvalue weighted by molar-refractivity contribution is 5.76. The van der Waals surface area contributed by atoms with Crippen LogP contribution in [-0.2, 0) is 11.2 Å². The van der Waals surface area contributed by atoms with E-state index in [0.717, 1.165) is 18.5 Å². The molecule has 0 bridgehead atoms. The van der Waals surface area contributed by atoms with Gasteiger partial charge in [-0.3, -0.25) is 4.79 Å². The summed E-state index contributed by atoms with van der Waals surface area (Å²) in [6.45, 7) is 5.71. The highest BCUT2D eigenvalue weighted by atomic mass is 16.5. The van der Waals surface area contributed by atoms with Gasteiger partial charge >= 0.3 is 0 Å². The number of likely N-dealkylation sites (tertiary alicyclic amines) is 1. The van der Waals surface area contributed by atoms with Crippen LogP contribution in [0.2, 0.25) is 0 Å². The predicted octanol–water partition coefficient (Wildman–Crippen LogP) is 2.35. The van der Waals surface area contributed by atoms with Crippen molar-refractivity contribution in [2.24, 2.45) is 5.73 Å². The van der Waals surface area contributed by atoms with E-state index in [1.807, 2.05) is 17.0 Å². The topological polar surface area (TPSA) is 85.2 Å². The third kappa shape index (κ3) is 3.82. The van der Waals surface area contributed by atoms with Gasteiger partial charge in [0.15, 0.2) is 0 Å². The van der Waals surface area contributed by atoms with E-state index in [9.17, 15) is 4.79 Å². The molecule has 0 unspecified atom stereocenters. The van der Waals surface area contributed by atoms with Crippen LogP contribution in [-0.4, -0.2) is 40.1 Å². The summed E-state index contributed by atoms with van der Waals surface area (Å²) in [5.74, 6) is 1.65. The quantitative estimate of drug-likeness (QED) is 0.910. The van der Waals surface area contributed by atoms with Gasteiger partial charge in [-0.2, -0.15) is 4.98 Å². The van der Waals surface area contributed by atoms with E-state index in [1.54, 1.807) is 0 Å². The summed E-state index contributed by atoms with van der Waals surface area (Å²) in [4.78, 5) is 18.3. The van der Waals surface area contributed by atoms with Crippen molar-refractivity contribution in [1.29, 1.82) is 0 Å². The lowest BCUT2D eigenvalue weighted by molar-refractivity contribution is -0.130. The van der Waals surface area contributed by atoms with Crippen LogP contribution in [0.1, 0.15) is 44.1 Å². The van der Waals surface area contributed by atoms with Gasteiger partial charge in [0.2, 0.25) is 17.6 Å². The summed E-state index contributed by atoms with van der Waals surface area (Å²) in [6.07, 6.45) is 1.71. The minimum absolute atomic E-state index is 0.101. The molecule has 1 fully saturated rings. The molecule has 1 aromatic carbocycles. The average molecular weight is 328 g/mol. The molecule has 0 radical (unpaired) electrons. The first-order valence-electron chi connectivity index (χ1n) is 8.49. The Morgan fingerprint density at radius 1 is 1.38 bits per heavy atom. The highest BCUT2D eigenvalue weighted by Gasteiger charge is 2.23. The molecule has 1 aromatic heterocycles. The molecule has 0 spiro atoms. The minimum atomic E-state index is 0.101. The number of carbonyl (C=O) groups is 1. The lowest BCUT2D eigenvalue weighted by Crippen LogP contribution is -2.31. The van der Waals surface area contributed by atoms with E-state index >= 15 is 0 Å². The maximum absolute atomic E-state index is 12.1. The van der Waals surface area contributed by atoms with E-state index in [0.29, 0.717) is 37.0 Å². The molecule has 1 aliphatic heterocycles. The number of benzene rings is 1. The summed E-state index contributed by atoms with van der Waals surface area (Å²) in [7, 11) is 0. The Hall–Kier alpha value is -2.21. The van der Waals surface area contributed by atoms with Crippen LogP contribution in [0.3, 0.4) is 0 Å². The molecular weight excluding hydrogens is 304 g/mol. The number of rotatable bonds is 5. The number of nitrogens with two attached hydrogens (primary N) is 1. The normalized spacial score (nSPS) is 17.7. The largest absolute Gasteiger partial charge is 0.341 e. The van der Waals surface area contributed by atoms with Crippen LogP contribution in [0.25, 0.3) is 11.4 Å². The monoisotopic (exact) mass is 328 g/mol. The second-order valence-corrected chi connectivity index (χ2v) is 6.68. The van der Waals surface area contributed by atoms with Crippen LogP contribution in [0.4, 0.5) is 0 Å². The molecule has 6 nitrogen and oxygen atoms in total.